The maximum absolute atomic E-state index is 13.9. The van der Waals surface area contributed by atoms with Gasteiger partial charge >= 0.3 is 6.03 Å². The SMILES string of the molecule is CCCCCCCCCCN1C(=O)/C(=c2\sc3n(c2=O)C2C(NN=3)N(CC)C(=O)N2CC)c2ccccc21. The Bertz CT molecular complexity index is 1380. The number of amides is 3. The molecule has 0 saturated carbocycles. The highest BCUT2D eigenvalue weighted by Gasteiger charge is 2.48. The molecule has 2 atom stereocenters. The van der Waals surface area contributed by atoms with E-state index >= 15 is 0 Å². The lowest BCUT2D eigenvalue weighted by molar-refractivity contribution is -0.113. The van der Waals surface area contributed by atoms with Gasteiger partial charge in [0.25, 0.3) is 11.5 Å². The van der Waals surface area contributed by atoms with Gasteiger partial charge in [0.15, 0.2) is 12.3 Å². The molecule has 1 N–H and O–H groups in total. The van der Waals surface area contributed by atoms with E-state index in [1.54, 1.807) is 14.4 Å². The molecular weight excluding hydrogens is 500 g/mol. The van der Waals surface area contributed by atoms with Gasteiger partial charge in [-0.3, -0.25) is 29.4 Å². The predicted molar refractivity (Wildman–Crippen MR) is 149 cm³/mol. The molecule has 1 fully saturated rings. The van der Waals surface area contributed by atoms with Crippen molar-refractivity contribution in [3.63, 3.8) is 0 Å². The molecule has 1 aromatic heterocycles. The topological polar surface area (TPSA) is 90.2 Å². The van der Waals surface area contributed by atoms with Gasteiger partial charge in [-0.25, -0.2) is 4.79 Å². The molecule has 204 valence electrons. The summed E-state index contributed by atoms with van der Waals surface area (Å²) in [6.07, 6.45) is 8.67. The van der Waals surface area contributed by atoms with Gasteiger partial charge in [0.2, 0.25) is 4.80 Å². The van der Waals surface area contributed by atoms with E-state index in [2.05, 4.69) is 17.5 Å². The average Bonchev–Trinajstić information content (AvgIpc) is 3.50. The van der Waals surface area contributed by atoms with Crippen LogP contribution in [-0.2, 0) is 4.79 Å². The maximum atomic E-state index is 13.9. The number of fused-ring (bicyclic) bond motifs is 4. The number of unbranched alkanes of at least 4 members (excludes halogenated alkanes) is 7. The maximum Gasteiger partial charge on any atom is 0.323 e. The number of benzene rings is 1. The number of carbonyl (C=O) groups excluding carboxylic acids is 2. The Labute approximate surface area is 227 Å². The molecule has 3 aliphatic heterocycles. The summed E-state index contributed by atoms with van der Waals surface area (Å²) in [5.41, 5.74) is 4.94. The molecule has 0 aliphatic carbocycles. The van der Waals surface area contributed by atoms with Crippen molar-refractivity contribution in [2.75, 3.05) is 24.5 Å². The average molecular weight is 539 g/mol. The normalized spacial score (nSPS) is 21.4. The fraction of sp³-hybridized carbons (Fsp3) is 0.571. The summed E-state index contributed by atoms with van der Waals surface area (Å²) in [4.78, 5) is 46.4. The minimum Gasteiger partial charge on any atom is -0.308 e. The van der Waals surface area contributed by atoms with Crippen LogP contribution in [0.5, 0.6) is 0 Å². The number of carbonyl (C=O) groups is 2. The number of nitrogens with zero attached hydrogens (tertiary/aromatic N) is 5. The van der Waals surface area contributed by atoms with Gasteiger partial charge in [-0.05, 0) is 26.3 Å². The van der Waals surface area contributed by atoms with E-state index in [-0.39, 0.29) is 17.5 Å². The summed E-state index contributed by atoms with van der Waals surface area (Å²) in [7, 11) is 0. The lowest BCUT2D eigenvalue weighted by Crippen LogP contribution is -2.53. The Hall–Kier alpha value is -3.14. The highest BCUT2D eigenvalue weighted by atomic mass is 32.1. The standard InChI is InChI=1S/C28H38N6O3S/c1-4-7-8-9-10-11-12-15-18-33-20-17-14-13-16-19(20)21(25(33)35)22-26(36)34-24-23(29-30-27(34)38-22)31(5-2)28(37)32(24)6-3/h13-14,16-17,23-24,29H,4-12,15,18H2,1-3H3/b22-21-. The predicted octanol–water partition coefficient (Wildman–Crippen LogP) is 3.34. The van der Waals surface area contributed by atoms with Crippen LogP contribution in [0, 0.1) is 0 Å². The third-order valence-electron chi connectivity index (χ3n) is 7.87. The molecule has 9 nitrogen and oxygen atoms in total. The molecular formula is C28H38N6O3S. The van der Waals surface area contributed by atoms with E-state index in [0.717, 1.165) is 24.1 Å². The number of nitrogens with one attached hydrogen (secondary N) is 1. The van der Waals surface area contributed by atoms with Crippen molar-refractivity contribution in [1.29, 1.82) is 0 Å². The monoisotopic (exact) mass is 538 g/mol. The lowest BCUT2D eigenvalue weighted by Gasteiger charge is -2.29. The van der Waals surface area contributed by atoms with Crippen molar-refractivity contribution in [2.45, 2.75) is 84.5 Å². The van der Waals surface area contributed by atoms with Crippen LogP contribution in [0.2, 0.25) is 0 Å². The van der Waals surface area contributed by atoms with Gasteiger partial charge in [-0.2, -0.15) is 0 Å². The quantitative estimate of drug-likeness (QED) is 0.445. The zero-order valence-electron chi connectivity index (χ0n) is 22.6. The number of rotatable bonds is 11. The first-order valence-corrected chi connectivity index (χ1v) is 14.9. The second-order valence-electron chi connectivity index (χ2n) is 10.2. The molecule has 10 heteroatoms. The fourth-order valence-electron chi connectivity index (χ4n) is 5.89. The number of para-hydroxylation sites is 1. The Kier molecular flexibility index (Phi) is 7.88. The smallest absolute Gasteiger partial charge is 0.308 e. The van der Waals surface area contributed by atoms with Crippen molar-refractivity contribution < 1.29 is 9.59 Å². The Morgan fingerprint density at radius 2 is 1.58 bits per heavy atom. The van der Waals surface area contributed by atoms with Crippen LogP contribution >= 0.6 is 11.3 Å². The van der Waals surface area contributed by atoms with Crippen molar-refractivity contribution in [3.05, 3.63) is 49.5 Å². The Morgan fingerprint density at radius 1 is 0.895 bits per heavy atom. The number of hydrogen-bond acceptors (Lipinski definition) is 6. The van der Waals surface area contributed by atoms with Crippen LogP contribution in [0.1, 0.15) is 83.9 Å². The van der Waals surface area contributed by atoms with E-state index in [0.29, 0.717) is 34.5 Å². The second kappa shape index (κ2) is 11.3. The number of likely N-dealkylation sites (N-methyl/N-ethyl adjacent to an activating group) is 2. The van der Waals surface area contributed by atoms with Gasteiger partial charge in [0.05, 0.1) is 11.3 Å². The van der Waals surface area contributed by atoms with Crippen LogP contribution < -0.4 is 25.2 Å². The van der Waals surface area contributed by atoms with Crippen molar-refractivity contribution >= 4 is 34.5 Å². The zero-order chi connectivity index (χ0) is 26.8. The summed E-state index contributed by atoms with van der Waals surface area (Å²) < 4.78 is 1.99. The first-order chi connectivity index (χ1) is 18.5. The van der Waals surface area contributed by atoms with E-state index in [1.165, 1.54) is 49.9 Å². The summed E-state index contributed by atoms with van der Waals surface area (Å²) in [5, 5.41) is 4.46. The second-order valence-corrected chi connectivity index (χ2v) is 11.1. The number of thiazole rings is 1. The fourth-order valence-corrected chi connectivity index (χ4v) is 6.95. The van der Waals surface area contributed by atoms with Crippen molar-refractivity contribution in [1.82, 2.24) is 19.8 Å². The minimum atomic E-state index is -0.502. The van der Waals surface area contributed by atoms with E-state index in [9.17, 15) is 14.4 Å². The van der Waals surface area contributed by atoms with Gasteiger partial charge in [0, 0.05) is 25.2 Å². The first kappa shape index (κ1) is 26.5. The zero-order valence-corrected chi connectivity index (χ0v) is 23.4. The molecule has 0 bridgehead atoms. The highest BCUT2D eigenvalue weighted by Crippen LogP contribution is 2.35. The van der Waals surface area contributed by atoms with Gasteiger partial charge in [0.1, 0.15) is 4.53 Å². The highest BCUT2D eigenvalue weighted by molar-refractivity contribution is 7.07. The van der Waals surface area contributed by atoms with Gasteiger partial charge in [-0.1, -0.05) is 81.4 Å². The summed E-state index contributed by atoms with van der Waals surface area (Å²) in [6, 6.07) is 7.62. The molecule has 38 heavy (non-hydrogen) atoms. The molecule has 3 aliphatic rings. The summed E-state index contributed by atoms with van der Waals surface area (Å²) in [6.45, 7) is 7.68. The molecule has 5 rings (SSSR count). The Morgan fingerprint density at radius 3 is 2.29 bits per heavy atom. The van der Waals surface area contributed by atoms with Crippen LogP contribution in [0.15, 0.2) is 34.2 Å². The first-order valence-electron chi connectivity index (χ1n) is 14.1. The van der Waals surface area contributed by atoms with Gasteiger partial charge < -0.3 is 4.90 Å². The van der Waals surface area contributed by atoms with Crippen LogP contribution in [0.3, 0.4) is 0 Å². The third kappa shape index (κ3) is 4.42. The minimum absolute atomic E-state index is 0.119. The van der Waals surface area contributed by atoms with E-state index in [1.807, 2.05) is 43.0 Å². The van der Waals surface area contributed by atoms with Crippen molar-refractivity contribution in [2.24, 2.45) is 5.10 Å². The van der Waals surface area contributed by atoms with Crippen molar-refractivity contribution in [3.8, 4) is 0 Å². The molecule has 0 spiro atoms. The molecule has 4 heterocycles. The van der Waals surface area contributed by atoms with E-state index < -0.39 is 12.3 Å². The van der Waals surface area contributed by atoms with E-state index in [4.69, 9.17) is 0 Å². The third-order valence-corrected chi connectivity index (χ3v) is 8.92. The largest absolute Gasteiger partial charge is 0.323 e. The molecule has 1 saturated heterocycles. The summed E-state index contributed by atoms with van der Waals surface area (Å²) >= 11 is 1.22. The van der Waals surface area contributed by atoms with Gasteiger partial charge in [-0.15, -0.1) is 5.10 Å². The lowest BCUT2D eigenvalue weighted by atomic mass is 10.1. The number of hydrogen-bond donors (Lipinski definition) is 1. The Balaban J connectivity index is 1.45. The molecule has 2 unspecified atom stereocenters. The summed E-state index contributed by atoms with van der Waals surface area (Å²) in [5.74, 6) is -0.125. The molecule has 2 aromatic rings. The number of anilines is 1. The molecule has 0 radical (unpaired) electrons. The van der Waals surface area contributed by atoms with Crippen LogP contribution in [-0.4, -0.2) is 52.1 Å². The number of urea groups is 1. The molecule has 3 amide bonds. The van der Waals surface area contributed by atoms with Crippen LogP contribution in [0.4, 0.5) is 10.5 Å². The molecule has 1 aromatic carbocycles. The van der Waals surface area contributed by atoms with Crippen LogP contribution in [0.25, 0.3) is 5.57 Å². The number of aromatic nitrogens is 1.